The number of hydrogen-bond donors (Lipinski definition) is 1. The van der Waals surface area contributed by atoms with Crippen LogP contribution in [0.25, 0.3) is 0 Å². The number of benzene rings is 1. The molecule has 1 atom stereocenters. The highest BCUT2D eigenvalue weighted by molar-refractivity contribution is 5.39. The van der Waals surface area contributed by atoms with E-state index in [1.54, 1.807) is 0 Å². The van der Waals surface area contributed by atoms with Gasteiger partial charge in [0, 0.05) is 5.56 Å². The molecule has 0 bridgehead atoms. The van der Waals surface area contributed by atoms with Crippen molar-refractivity contribution in [2.75, 3.05) is 0 Å². The van der Waals surface area contributed by atoms with Crippen molar-refractivity contribution in [1.29, 1.82) is 0 Å². The van der Waals surface area contributed by atoms with Gasteiger partial charge in [-0.2, -0.15) is 26.3 Å². The SMILES string of the molecule is Cc1c(F)c([C@H](N)C(F)(F)F)c(F)c(F)c1C(F)(F)F. The van der Waals surface area contributed by atoms with Crippen molar-refractivity contribution in [3.63, 3.8) is 0 Å². The summed E-state index contributed by atoms with van der Waals surface area (Å²) < 4.78 is 114. The van der Waals surface area contributed by atoms with Gasteiger partial charge in [-0.1, -0.05) is 0 Å². The summed E-state index contributed by atoms with van der Waals surface area (Å²) >= 11 is 0. The summed E-state index contributed by atoms with van der Waals surface area (Å²) in [5.74, 6) is -7.41. The predicted molar refractivity (Wildman–Crippen MR) is 49.0 cm³/mol. The van der Waals surface area contributed by atoms with Crippen LogP contribution in [-0.4, -0.2) is 6.18 Å². The standard InChI is InChI=1S/C10H6F9N/c1-2-4(9(14,15)16)7(13)6(12)3(5(2)11)8(20)10(17,18)19/h8H,20H2,1H3/t8-/m0/s1. The lowest BCUT2D eigenvalue weighted by atomic mass is 9.97. The first-order valence-electron chi connectivity index (χ1n) is 4.86. The summed E-state index contributed by atoms with van der Waals surface area (Å²) in [6, 6.07) is -3.28. The minimum atomic E-state index is -5.46. The van der Waals surface area contributed by atoms with Crippen molar-refractivity contribution in [1.82, 2.24) is 0 Å². The quantitative estimate of drug-likeness (QED) is 0.616. The second kappa shape index (κ2) is 4.83. The molecule has 0 unspecified atom stereocenters. The van der Waals surface area contributed by atoms with Crippen LogP contribution in [0.2, 0.25) is 0 Å². The third-order valence-corrected chi connectivity index (χ3v) is 2.54. The Morgan fingerprint density at radius 1 is 0.850 bits per heavy atom. The molecule has 0 aliphatic carbocycles. The number of hydrogen-bond acceptors (Lipinski definition) is 1. The molecule has 0 radical (unpaired) electrons. The van der Waals surface area contributed by atoms with Crippen LogP contribution in [0.3, 0.4) is 0 Å². The predicted octanol–water partition coefficient (Wildman–Crippen LogP) is 3.99. The van der Waals surface area contributed by atoms with Crippen LogP contribution in [0.1, 0.15) is 22.7 Å². The zero-order chi connectivity index (χ0) is 16.0. The molecule has 2 N–H and O–H groups in total. The Morgan fingerprint density at radius 3 is 1.65 bits per heavy atom. The van der Waals surface area contributed by atoms with Gasteiger partial charge in [0.15, 0.2) is 11.6 Å². The van der Waals surface area contributed by atoms with Crippen LogP contribution in [0.5, 0.6) is 0 Å². The zero-order valence-electron chi connectivity index (χ0n) is 9.56. The molecule has 114 valence electrons. The molecule has 1 nitrogen and oxygen atoms in total. The van der Waals surface area contributed by atoms with Crippen molar-refractivity contribution in [2.45, 2.75) is 25.3 Å². The maximum Gasteiger partial charge on any atom is 0.419 e. The molecule has 0 saturated carbocycles. The highest BCUT2D eigenvalue weighted by atomic mass is 19.4. The molecule has 1 rings (SSSR count). The van der Waals surface area contributed by atoms with E-state index in [0.717, 1.165) is 0 Å². The lowest BCUT2D eigenvalue weighted by molar-refractivity contribution is -0.150. The summed E-state index contributed by atoms with van der Waals surface area (Å²) in [4.78, 5) is 0. The number of alkyl halides is 6. The van der Waals surface area contributed by atoms with Crippen LogP contribution in [0.15, 0.2) is 0 Å². The topological polar surface area (TPSA) is 26.0 Å². The maximum absolute atomic E-state index is 13.5. The Hall–Kier alpha value is -1.45. The lowest BCUT2D eigenvalue weighted by Crippen LogP contribution is -2.31. The van der Waals surface area contributed by atoms with Crippen LogP contribution < -0.4 is 5.73 Å². The van der Waals surface area contributed by atoms with Gasteiger partial charge in [0.2, 0.25) is 0 Å². The van der Waals surface area contributed by atoms with E-state index in [-0.39, 0.29) is 0 Å². The Labute approximate surface area is 106 Å². The fraction of sp³-hybridized carbons (Fsp3) is 0.400. The van der Waals surface area contributed by atoms with E-state index in [9.17, 15) is 39.5 Å². The molecule has 0 fully saturated rings. The molecular weight excluding hydrogens is 305 g/mol. The molecule has 1 aromatic carbocycles. The van der Waals surface area contributed by atoms with Gasteiger partial charge in [-0.25, -0.2) is 13.2 Å². The van der Waals surface area contributed by atoms with Crippen LogP contribution in [-0.2, 0) is 6.18 Å². The monoisotopic (exact) mass is 311 g/mol. The summed E-state index contributed by atoms with van der Waals surface area (Å²) in [5.41, 5.74) is -1.26. The van der Waals surface area contributed by atoms with E-state index >= 15 is 0 Å². The second-order valence-corrected chi connectivity index (χ2v) is 3.87. The molecule has 10 heteroatoms. The van der Waals surface area contributed by atoms with Crippen molar-refractivity contribution in [2.24, 2.45) is 5.73 Å². The smallest absolute Gasteiger partial charge is 0.316 e. The van der Waals surface area contributed by atoms with Gasteiger partial charge < -0.3 is 5.73 Å². The van der Waals surface area contributed by atoms with E-state index in [0.29, 0.717) is 6.92 Å². The average molecular weight is 311 g/mol. The molecule has 20 heavy (non-hydrogen) atoms. The number of nitrogens with two attached hydrogens (primary N) is 1. The van der Waals surface area contributed by atoms with Gasteiger partial charge in [0.25, 0.3) is 0 Å². The molecule has 0 saturated heterocycles. The second-order valence-electron chi connectivity index (χ2n) is 3.87. The van der Waals surface area contributed by atoms with Gasteiger partial charge >= 0.3 is 12.4 Å². The van der Waals surface area contributed by atoms with E-state index < -0.39 is 52.5 Å². The van der Waals surface area contributed by atoms with Crippen molar-refractivity contribution in [3.8, 4) is 0 Å². The third kappa shape index (κ3) is 2.69. The minimum Gasteiger partial charge on any atom is -0.316 e. The molecule has 0 aromatic heterocycles. The Bertz CT molecular complexity index is 500. The van der Waals surface area contributed by atoms with E-state index in [1.807, 2.05) is 0 Å². The van der Waals surface area contributed by atoms with Crippen molar-refractivity contribution in [3.05, 3.63) is 34.1 Å². The first-order valence-corrected chi connectivity index (χ1v) is 4.86. The van der Waals surface area contributed by atoms with Crippen LogP contribution >= 0.6 is 0 Å². The minimum absolute atomic E-state index is 0.382. The van der Waals surface area contributed by atoms with Crippen LogP contribution in [0.4, 0.5) is 39.5 Å². The van der Waals surface area contributed by atoms with Gasteiger partial charge in [-0.15, -0.1) is 0 Å². The Balaban J connectivity index is 3.70. The van der Waals surface area contributed by atoms with Crippen molar-refractivity contribution < 1.29 is 39.5 Å². The highest BCUT2D eigenvalue weighted by Crippen LogP contribution is 2.41. The highest BCUT2D eigenvalue weighted by Gasteiger charge is 2.46. The summed E-state index contributed by atoms with van der Waals surface area (Å²) in [6.45, 7) is 0.382. The van der Waals surface area contributed by atoms with Gasteiger partial charge in [0.1, 0.15) is 17.4 Å². The molecular formula is C10H6F9N. The molecule has 1 aromatic rings. The molecule has 0 spiro atoms. The first-order chi connectivity index (χ1) is 8.80. The molecule has 0 amide bonds. The average Bonchev–Trinajstić information content (AvgIpc) is 2.23. The number of rotatable bonds is 1. The van der Waals surface area contributed by atoms with Crippen LogP contribution in [0, 0.1) is 24.4 Å². The fourth-order valence-corrected chi connectivity index (χ4v) is 1.57. The van der Waals surface area contributed by atoms with Gasteiger partial charge in [-0.05, 0) is 6.92 Å². The first kappa shape index (κ1) is 16.6. The van der Waals surface area contributed by atoms with E-state index in [4.69, 9.17) is 0 Å². The third-order valence-electron chi connectivity index (χ3n) is 2.54. The Morgan fingerprint density at radius 2 is 1.30 bits per heavy atom. The molecule has 0 aliphatic rings. The lowest BCUT2D eigenvalue weighted by Gasteiger charge is -2.21. The van der Waals surface area contributed by atoms with Crippen molar-refractivity contribution >= 4 is 0 Å². The fourth-order valence-electron chi connectivity index (χ4n) is 1.57. The van der Waals surface area contributed by atoms with E-state index in [2.05, 4.69) is 5.73 Å². The summed E-state index contributed by atoms with van der Waals surface area (Å²) in [7, 11) is 0. The molecule has 0 heterocycles. The summed E-state index contributed by atoms with van der Waals surface area (Å²) in [6.07, 6.45) is -10.8. The van der Waals surface area contributed by atoms with Gasteiger partial charge in [-0.3, -0.25) is 0 Å². The normalized spacial score (nSPS) is 14.6. The zero-order valence-corrected chi connectivity index (χ0v) is 9.56. The maximum atomic E-state index is 13.5. The summed E-state index contributed by atoms with van der Waals surface area (Å²) in [5, 5.41) is 0. The number of halogens is 9. The van der Waals surface area contributed by atoms with Gasteiger partial charge in [0.05, 0.1) is 5.56 Å². The largest absolute Gasteiger partial charge is 0.419 e. The Kier molecular flexibility index (Phi) is 4.01. The molecule has 0 aliphatic heterocycles. The van der Waals surface area contributed by atoms with E-state index in [1.165, 1.54) is 0 Å².